The van der Waals surface area contributed by atoms with Crippen molar-refractivity contribution in [1.29, 1.82) is 0 Å². The summed E-state index contributed by atoms with van der Waals surface area (Å²) in [6.07, 6.45) is 11.8. The van der Waals surface area contributed by atoms with Gasteiger partial charge in [-0.2, -0.15) is 16.5 Å². The molecular weight excluding hydrogens is 526 g/mol. The molecular formula is C31H37N3O5S. The molecule has 1 aliphatic carbocycles. The Labute approximate surface area is 239 Å². The van der Waals surface area contributed by atoms with Crippen LogP contribution in [0.4, 0.5) is 10.5 Å². The average Bonchev–Trinajstić information content (AvgIpc) is 3.49. The molecule has 0 radical (unpaired) electrons. The summed E-state index contributed by atoms with van der Waals surface area (Å²) in [6, 6.07) is 3.89. The quantitative estimate of drug-likeness (QED) is 0.159. The lowest BCUT2D eigenvalue weighted by Gasteiger charge is -2.36. The number of allylic oxidation sites excluding steroid dienone is 2. The van der Waals surface area contributed by atoms with E-state index < -0.39 is 5.60 Å². The molecule has 1 aromatic carbocycles. The summed E-state index contributed by atoms with van der Waals surface area (Å²) in [5, 5.41) is 19.4. The van der Waals surface area contributed by atoms with E-state index in [2.05, 4.69) is 44.4 Å². The monoisotopic (exact) mass is 563 g/mol. The molecule has 5 aliphatic rings. The predicted molar refractivity (Wildman–Crippen MR) is 158 cm³/mol. The second kappa shape index (κ2) is 9.43. The van der Waals surface area contributed by atoms with Crippen molar-refractivity contribution in [3.8, 4) is 5.75 Å². The highest BCUT2D eigenvalue weighted by atomic mass is 32.2. The van der Waals surface area contributed by atoms with Crippen molar-refractivity contribution in [1.82, 2.24) is 10.6 Å². The second-order valence-electron chi connectivity index (χ2n) is 13.1. The number of fused-ring (bicyclic) bond motifs is 6. The number of rotatable bonds is 6. The van der Waals surface area contributed by atoms with Crippen molar-refractivity contribution in [2.24, 2.45) is 10.8 Å². The Kier molecular flexibility index (Phi) is 6.36. The number of carbonyl (C=O) groups is 2. The number of ether oxygens (including phenoxy) is 2. The molecule has 4 unspecified atom stereocenters. The van der Waals surface area contributed by atoms with Gasteiger partial charge in [0.1, 0.15) is 18.0 Å². The lowest BCUT2D eigenvalue weighted by Crippen LogP contribution is -2.38. The smallest absolute Gasteiger partial charge is 0.315 e. The summed E-state index contributed by atoms with van der Waals surface area (Å²) >= 11 is 1.69. The van der Waals surface area contributed by atoms with Crippen LogP contribution in [0.2, 0.25) is 0 Å². The van der Waals surface area contributed by atoms with Crippen LogP contribution in [-0.2, 0) is 9.53 Å². The number of thioether (sulfide) groups is 1. The van der Waals surface area contributed by atoms with E-state index in [0.717, 1.165) is 39.3 Å². The standard InChI is InChI=1S/C31H37N3O5S/c1-29(2)15-20-18-8-9-22-19(26(18)34(37)27(20)30(3,4)17-29)10-12-31(5,39-22)11-6-7-13-38-24(35)14-23-25-21(16-40-23)32-28(36)33-25/h6-10,12,15,21,23,25H,11,13-14,16-17H2,1-5H3,(H2,32,33,36)/b7-6+. The lowest BCUT2D eigenvalue weighted by molar-refractivity contribution is -0.361. The topological polar surface area (TPSA) is 103 Å². The molecule has 2 amide bonds. The van der Waals surface area contributed by atoms with Crippen LogP contribution in [0.15, 0.2) is 36.4 Å². The third-order valence-corrected chi connectivity index (χ3v) is 9.92. The van der Waals surface area contributed by atoms with E-state index in [1.54, 1.807) is 11.8 Å². The summed E-state index contributed by atoms with van der Waals surface area (Å²) in [7, 11) is 0. The molecule has 212 valence electrons. The molecule has 0 bridgehead atoms. The van der Waals surface area contributed by atoms with Crippen molar-refractivity contribution < 1.29 is 23.8 Å². The summed E-state index contributed by atoms with van der Waals surface area (Å²) in [5.74, 6) is 1.23. The number of nitrogens with zero attached hydrogens (tertiary/aromatic N) is 1. The Bertz CT molecular complexity index is 1410. The highest BCUT2D eigenvalue weighted by Gasteiger charge is 2.49. The van der Waals surface area contributed by atoms with Crippen molar-refractivity contribution >= 4 is 46.8 Å². The van der Waals surface area contributed by atoms with Crippen LogP contribution >= 0.6 is 11.8 Å². The number of hydrogen-bond acceptors (Lipinski definition) is 6. The van der Waals surface area contributed by atoms with E-state index in [1.807, 2.05) is 43.4 Å². The molecule has 0 aromatic heterocycles. The number of hydrogen-bond donors (Lipinski definition) is 2. The maximum Gasteiger partial charge on any atom is 0.315 e. The van der Waals surface area contributed by atoms with Crippen molar-refractivity contribution in [3.05, 3.63) is 52.8 Å². The number of carbonyl (C=O) groups excluding carboxylic acids is 2. The van der Waals surface area contributed by atoms with Gasteiger partial charge in [0.15, 0.2) is 0 Å². The molecule has 8 nitrogen and oxygen atoms in total. The number of benzene rings is 1. The summed E-state index contributed by atoms with van der Waals surface area (Å²) in [5.41, 5.74) is 3.54. The van der Waals surface area contributed by atoms with E-state index in [0.29, 0.717) is 17.9 Å². The van der Waals surface area contributed by atoms with Gasteiger partial charge in [-0.05, 0) is 56.9 Å². The average molecular weight is 564 g/mol. The van der Waals surface area contributed by atoms with E-state index in [-0.39, 0.29) is 53.2 Å². The predicted octanol–water partition coefficient (Wildman–Crippen LogP) is 5.33. The Morgan fingerprint density at radius 3 is 2.83 bits per heavy atom. The first-order valence-electron chi connectivity index (χ1n) is 14.0. The zero-order valence-corrected chi connectivity index (χ0v) is 24.5. The molecule has 4 atom stereocenters. The molecule has 40 heavy (non-hydrogen) atoms. The zero-order valence-electron chi connectivity index (χ0n) is 23.7. The largest absolute Gasteiger partial charge is 0.618 e. The first kappa shape index (κ1) is 27.0. The van der Waals surface area contributed by atoms with E-state index >= 15 is 0 Å². The minimum atomic E-state index is -0.586. The van der Waals surface area contributed by atoms with Gasteiger partial charge in [-0.15, -0.1) is 0 Å². The van der Waals surface area contributed by atoms with Crippen molar-refractivity contribution in [2.45, 2.75) is 76.8 Å². The van der Waals surface area contributed by atoms with Gasteiger partial charge < -0.3 is 25.3 Å². The fraction of sp³-hybridized carbons (Fsp3) is 0.516. The van der Waals surface area contributed by atoms with Gasteiger partial charge in [-0.1, -0.05) is 32.1 Å². The van der Waals surface area contributed by atoms with Gasteiger partial charge >= 0.3 is 12.0 Å². The highest BCUT2D eigenvalue weighted by molar-refractivity contribution is 8.00. The van der Waals surface area contributed by atoms with Gasteiger partial charge in [0.05, 0.1) is 40.6 Å². The molecule has 4 heterocycles. The summed E-state index contributed by atoms with van der Waals surface area (Å²) in [4.78, 5) is 23.9. The Hall–Kier alpha value is -3.20. The number of amides is 2. The van der Waals surface area contributed by atoms with E-state index in [4.69, 9.17) is 9.47 Å². The molecule has 0 spiro atoms. The van der Waals surface area contributed by atoms with Crippen LogP contribution in [0, 0.1) is 16.0 Å². The fourth-order valence-electron chi connectivity index (χ4n) is 7.04. The third-order valence-electron chi connectivity index (χ3n) is 8.48. The molecule has 1 aromatic rings. The first-order chi connectivity index (χ1) is 18.9. The van der Waals surface area contributed by atoms with Crippen LogP contribution < -0.4 is 15.4 Å². The zero-order chi connectivity index (χ0) is 28.4. The van der Waals surface area contributed by atoms with E-state index in [9.17, 15) is 14.8 Å². The number of urea groups is 1. The maximum atomic E-state index is 13.6. The molecule has 6 rings (SSSR count). The molecule has 9 heteroatoms. The van der Waals surface area contributed by atoms with Crippen LogP contribution in [0.5, 0.6) is 5.75 Å². The van der Waals surface area contributed by atoms with Crippen LogP contribution in [0.3, 0.4) is 0 Å². The maximum absolute atomic E-state index is 13.6. The number of nitrogens with one attached hydrogen (secondary N) is 2. The SMILES string of the molecule is CC1(C)C=C2C(=[N+]([O-])c3c2ccc2c3C=CC(C)(C/C=C/COC(=O)CC3SCC4NC(=O)NC43)O2)C(C)(C)C1. The molecule has 2 saturated heterocycles. The summed E-state index contributed by atoms with van der Waals surface area (Å²) < 4.78 is 13.0. The number of esters is 1. The molecule has 4 aliphatic heterocycles. The molecule has 2 fully saturated rings. The Morgan fingerprint density at radius 2 is 2.02 bits per heavy atom. The van der Waals surface area contributed by atoms with Gasteiger partial charge in [-0.25, -0.2) is 4.79 Å². The minimum absolute atomic E-state index is 0.00980. The van der Waals surface area contributed by atoms with E-state index in [1.165, 1.54) is 0 Å². The first-order valence-corrected chi connectivity index (χ1v) is 15.0. The van der Waals surface area contributed by atoms with Crippen molar-refractivity contribution in [3.63, 3.8) is 0 Å². The van der Waals surface area contributed by atoms with Gasteiger partial charge in [0.2, 0.25) is 11.4 Å². The van der Waals surface area contributed by atoms with Gasteiger partial charge in [0, 0.05) is 17.4 Å². The minimum Gasteiger partial charge on any atom is -0.618 e. The fourth-order valence-corrected chi connectivity index (χ4v) is 8.51. The normalized spacial score (nSPS) is 30.6. The van der Waals surface area contributed by atoms with Crippen LogP contribution in [-0.4, -0.2) is 57.7 Å². The van der Waals surface area contributed by atoms with Crippen LogP contribution in [0.1, 0.15) is 65.0 Å². The Balaban J connectivity index is 1.09. The molecule has 2 N–H and O–H groups in total. The van der Waals surface area contributed by atoms with Crippen LogP contribution in [0.25, 0.3) is 11.6 Å². The lowest BCUT2D eigenvalue weighted by atomic mass is 9.65. The second-order valence-corrected chi connectivity index (χ2v) is 14.3. The highest BCUT2D eigenvalue weighted by Crippen LogP contribution is 2.53. The third kappa shape index (κ3) is 4.72. The van der Waals surface area contributed by atoms with Crippen molar-refractivity contribution in [2.75, 3.05) is 12.4 Å². The summed E-state index contributed by atoms with van der Waals surface area (Å²) in [6.45, 7) is 11.0. The van der Waals surface area contributed by atoms with Gasteiger partial charge in [0.25, 0.3) is 0 Å². The Morgan fingerprint density at radius 1 is 1.23 bits per heavy atom. The van der Waals surface area contributed by atoms with Gasteiger partial charge in [-0.3, -0.25) is 4.79 Å². The molecule has 0 saturated carbocycles.